The monoisotopic (exact) mass is 870 g/mol. The van der Waals surface area contributed by atoms with Crippen LogP contribution in [-0.4, -0.2) is 74.6 Å². The number of hydrogen-bond acceptors (Lipinski definition) is 3. The molecule has 15 atom stereocenters. The van der Waals surface area contributed by atoms with Crippen molar-refractivity contribution in [3.63, 3.8) is 0 Å². The van der Waals surface area contributed by atoms with Crippen molar-refractivity contribution in [2.24, 2.45) is 76.9 Å². The van der Waals surface area contributed by atoms with Crippen LogP contribution in [0, 0.1) is 76.9 Å². The average Bonchev–Trinajstić information content (AvgIpc) is 3.82. The number of alkyl halides is 18. The van der Waals surface area contributed by atoms with Crippen LogP contribution < -0.4 is 0 Å². The van der Waals surface area contributed by atoms with Gasteiger partial charge in [0.05, 0.1) is 0 Å². The number of halogens is 18. The fourth-order valence-corrected chi connectivity index (χ4v) is 11.3. The van der Waals surface area contributed by atoms with Crippen LogP contribution in [0.3, 0.4) is 0 Å². The van der Waals surface area contributed by atoms with Gasteiger partial charge in [0.1, 0.15) is 0 Å². The van der Waals surface area contributed by atoms with E-state index in [0.29, 0.717) is 18.8 Å². The highest BCUT2D eigenvalue weighted by atomic mass is 19.4. The van der Waals surface area contributed by atoms with E-state index >= 15 is 0 Å². The summed E-state index contributed by atoms with van der Waals surface area (Å²) >= 11 is 0. The predicted molar refractivity (Wildman–Crippen MR) is 166 cm³/mol. The van der Waals surface area contributed by atoms with Crippen molar-refractivity contribution >= 4 is 0 Å². The first kappa shape index (κ1) is 48.3. The van der Waals surface area contributed by atoms with Gasteiger partial charge < -0.3 is 15.3 Å². The summed E-state index contributed by atoms with van der Waals surface area (Å²) in [6.07, 6.45) is -28.0. The molecule has 6 aliphatic carbocycles. The Labute approximate surface area is 317 Å². The van der Waals surface area contributed by atoms with E-state index in [2.05, 4.69) is 0 Å². The van der Waals surface area contributed by atoms with Crippen LogP contribution in [0.4, 0.5) is 79.0 Å². The Bertz CT molecular complexity index is 1380. The second kappa shape index (κ2) is 14.3. The van der Waals surface area contributed by atoms with E-state index in [0.717, 1.165) is 0 Å². The predicted octanol–water partition coefficient (Wildman–Crippen LogP) is 11.2. The van der Waals surface area contributed by atoms with E-state index in [-0.39, 0.29) is 42.4 Å². The first-order valence-corrected chi connectivity index (χ1v) is 18.8. The number of hydrogen-bond donors (Lipinski definition) is 3. The van der Waals surface area contributed by atoms with Crippen LogP contribution in [0.25, 0.3) is 0 Å². The van der Waals surface area contributed by atoms with Crippen LogP contribution in [0.15, 0.2) is 0 Å². The first-order chi connectivity index (χ1) is 25.2. The Morgan fingerprint density at radius 1 is 0.474 bits per heavy atom. The fourth-order valence-electron chi connectivity index (χ4n) is 11.3. The SMILES string of the molecule is CC1C(C)C2CC1C(F)(F)C2(F)CCC(O)(C(F)(F)F)C(F)(F)F.CC1C(C)C2CC1C(O)(F)C2(F)F.CC1C2CC(CC(O)(C(F)(F)F)C(F)(F)F)C(C2)C1C. The molecule has 0 saturated heterocycles. The van der Waals surface area contributed by atoms with Crippen molar-refractivity contribution in [1.29, 1.82) is 0 Å². The molecule has 0 heterocycles. The van der Waals surface area contributed by atoms with Gasteiger partial charge in [-0.2, -0.15) is 61.5 Å². The Kier molecular flexibility index (Phi) is 12.2. The fraction of sp³-hybridized carbons (Fsp3) is 1.00. The van der Waals surface area contributed by atoms with Crippen molar-refractivity contribution in [3.8, 4) is 0 Å². The molecule has 3 nitrogen and oxygen atoms in total. The van der Waals surface area contributed by atoms with Crippen molar-refractivity contribution in [2.45, 2.75) is 146 Å². The maximum absolute atomic E-state index is 14.9. The summed E-state index contributed by atoms with van der Waals surface area (Å²) in [5, 5.41) is 27.4. The minimum atomic E-state index is -6.15. The van der Waals surface area contributed by atoms with Gasteiger partial charge in [-0.1, -0.05) is 41.5 Å². The second-order valence-corrected chi connectivity index (χ2v) is 17.9. The van der Waals surface area contributed by atoms with E-state index in [1.54, 1.807) is 13.8 Å². The highest BCUT2D eigenvalue weighted by Crippen LogP contribution is 2.68. The van der Waals surface area contributed by atoms with Crippen LogP contribution >= 0.6 is 0 Å². The van der Waals surface area contributed by atoms with Crippen molar-refractivity contribution in [1.82, 2.24) is 0 Å². The molecule has 336 valence electrons. The summed E-state index contributed by atoms with van der Waals surface area (Å²) in [6.45, 7) is 10.2. The van der Waals surface area contributed by atoms with E-state index < -0.39 is 120 Å². The molecular weight excluding hydrogens is 822 g/mol. The average molecular weight is 871 g/mol. The molecular formula is C36H48F18O3. The normalized spacial score (nSPS) is 43.5. The van der Waals surface area contributed by atoms with Crippen LogP contribution in [0.5, 0.6) is 0 Å². The molecule has 0 spiro atoms. The van der Waals surface area contributed by atoms with Crippen LogP contribution in [-0.2, 0) is 0 Å². The Morgan fingerprint density at radius 3 is 1.21 bits per heavy atom. The van der Waals surface area contributed by atoms with Gasteiger partial charge in [0.25, 0.3) is 23.0 Å². The molecule has 57 heavy (non-hydrogen) atoms. The summed E-state index contributed by atoms with van der Waals surface area (Å²) in [4.78, 5) is 0. The molecule has 0 aromatic rings. The molecule has 6 aliphatic rings. The summed E-state index contributed by atoms with van der Waals surface area (Å²) in [5.74, 6) is -17.2. The third-order valence-corrected chi connectivity index (χ3v) is 15.6. The van der Waals surface area contributed by atoms with E-state index in [1.807, 2.05) is 13.8 Å². The molecule has 21 heteroatoms. The summed E-state index contributed by atoms with van der Waals surface area (Å²) in [6, 6.07) is 0. The number of rotatable bonds is 5. The van der Waals surface area contributed by atoms with Gasteiger partial charge in [-0.25, -0.2) is 17.6 Å². The van der Waals surface area contributed by atoms with Gasteiger partial charge >= 0.3 is 30.6 Å². The van der Waals surface area contributed by atoms with Gasteiger partial charge in [-0.05, 0) is 98.2 Å². The second-order valence-electron chi connectivity index (χ2n) is 17.9. The summed E-state index contributed by atoms with van der Waals surface area (Å²) in [7, 11) is 0. The van der Waals surface area contributed by atoms with Gasteiger partial charge in [-0.3, -0.25) is 0 Å². The van der Waals surface area contributed by atoms with Crippen molar-refractivity contribution in [2.75, 3.05) is 0 Å². The van der Waals surface area contributed by atoms with Gasteiger partial charge in [-0.15, -0.1) is 0 Å². The molecule has 0 aromatic heterocycles. The summed E-state index contributed by atoms with van der Waals surface area (Å²) in [5.41, 5.74) is -13.3. The standard InChI is InChI=1S/C14H17F9O.C13H18F6O.C9H13F3O/c1-6-7(2)9-5-8(6)10(15,12(9,16)17)3-4-11(24,13(18,19)20)14(21,22)23;1-6-7(2)10-4-8(6)3-9(10)5-11(20,12(14,15)16)13(17,18)19;1-4-5(2)7-3-6(4)8(10,11)9(7,12)13/h6-9,24H,3-5H2,1-2H3;6-10,20H,3-5H2,1-2H3;4-7,13H,3H2,1-2H3. The maximum Gasteiger partial charge on any atom is 0.426 e. The zero-order chi connectivity index (χ0) is 44.5. The lowest BCUT2D eigenvalue weighted by atomic mass is 9.69. The number of aliphatic hydroxyl groups is 3. The van der Waals surface area contributed by atoms with E-state index in [1.165, 1.54) is 13.8 Å². The highest BCUT2D eigenvalue weighted by Gasteiger charge is 2.78. The lowest BCUT2D eigenvalue weighted by Gasteiger charge is -2.44. The van der Waals surface area contributed by atoms with E-state index in [4.69, 9.17) is 10.2 Å². The molecule has 6 fully saturated rings. The molecule has 0 aliphatic heterocycles. The van der Waals surface area contributed by atoms with E-state index in [9.17, 15) is 84.1 Å². The van der Waals surface area contributed by atoms with Crippen molar-refractivity contribution in [3.05, 3.63) is 0 Å². The number of fused-ring (bicyclic) bond motifs is 6. The maximum atomic E-state index is 14.9. The Morgan fingerprint density at radius 2 is 0.860 bits per heavy atom. The van der Waals surface area contributed by atoms with Crippen molar-refractivity contribution < 1.29 is 94.3 Å². The van der Waals surface area contributed by atoms with Crippen LogP contribution in [0.2, 0.25) is 0 Å². The molecule has 6 rings (SSSR count). The quantitative estimate of drug-likeness (QED) is 0.241. The smallest absolute Gasteiger partial charge is 0.374 e. The molecule has 15 unspecified atom stereocenters. The molecule has 0 radical (unpaired) electrons. The molecule has 6 bridgehead atoms. The zero-order valence-corrected chi connectivity index (χ0v) is 31.6. The lowest BCUT2D eigenvalue weighted by Crippen LogP contribution is -2.60. The van der Waals surface area contributed by atoms with Gasteiger partial charge in [0.15, 0.2) is 5.67 Å². The lowest BCUT2D eigenvalue weighted by molar-refractivity contribution is -0.373. The minimum absolute atomic E-state index is 0.113. The third kappa shape index (κ3) is 7.23. The minimum Gasteiger partial charge on any atom is -0.374 e. The summed E-state index contributed by atoms with van der Waals surface area (Å²) < 4.78 is 235. The van der Waals surface area contributed by atoms with Gasteiger partial charge in [0, 0.05) is 23.7 Å². The largest absolute Gasteiger partial charge is 0.426 e. The molecule has 0 amide bonds. The van der Waals surface area contributed by atoms with Gasteiger partial charge in [0.2, 0.25) is 0 Å². The van der Waals surface area contributed by atoms with Crippen LogP contribution in [0.1, 0.15) is 86.5 Å². The topological polar surface area (TPSA) is 60.7 Å². The first-order valence-electron chi connectivity index (χ1n) is 18.8. The molecule has 0 aromatic carbocycles. The molecule has 3 N–H and O–H groups in total. The Balaban J connectivity index is 0.000000197. The Hall–Kier alpha value is -1.38. The highest BCUT2D eigenvalue weighted by molar-refractivity contribution is 5.17. The third-order valence-electron chi connectivity index (χ3n) is 15.6. The zero-order valence-electron chi connectivity index (χ0n) is 31.6. The molecule has 6 saturated carbocycles.